The lowest BCUT2D eigenvalue weighted by atomic mass is 9.54. The van der Waals surface area contributed by atoms with Crippen LogP contribution in [0.15, 0.2) is 35.6 Å². The van der Waals surface area contributed by atoms with Crippen molar-refractivity contribution in [2.45, 2.75) is 39.2 Å². The van der Waals surface area contributed by atoms with Gasteiger partial charge in [0.15, 0.2) is 5.78 Å². The van der Waals surface area contributed by atoms with Crippen LogP contribution in [0, 0.1) is 29.1 Å². The molecular formula is C22H31NO5. The van der Waals surface area contributed by atoms with Crippen LogP contribution in [0.1, 0.15) is 33.1 Å². The van der Waals surface area contributed by atoms with Crippen molar-refractivity contribution in [1.82, 2.24) is 4.90 Å². The van der Waals surface area contributed by atoms with Crippen molar-refractivity contribution < 1.29 is 24.9 Å². The first kappa shape index (κ1) is 20.8. The third kappa shape index (κ3) is 3.03. The van der Waals surface area contributed by atoms with Crippen molar-refractivity contribution in [3.8, 4) is 0 Å². The van der Waals surface area contributed by atoms with Crippen LogP contribution in [-0.4, -0.2) is 58.2 Å². The summed E-state index contributed by atoms with van der Waals surface area (Å²) in [4.78, 5) is 26.7. The van der Waals surface area contributed by atoms with Crippen LogP contribution in [0.2, 0.25) is 0 Å². The van der Waals surface area contributed by atoms with E-state index in [4.69, 9.17) is 0 Å². The lowest BCUT2D eigenvalue weighted by Crippen LogP contribution is -2.46. The molecule has 2 fully saturated rings. The highest BCUT2D eigenvalue weighted by atomic mass is 16.3. The molecule has 2 aliphatic carbocycles. The van der Waals surface area contributed by atoms with Gasteiger partial charge in [0.1, 0.15) is 17.4 Å². The minimum absolute atomic E-state index is 0.0630. The second-order valence-electron chi connectivity index (χ2n) is 8.55. The van der Waals surface area contributed by atoms with Crippen molar-refractivity contribution in [3.63, 3.8) is 0 Å². The lowest BCUT2D eigenvalue weighted by molar-refractivity contribution is -0.126. The number of hydrogen-bond donors (Lipinski definition) is 3. The number of carbonyl (C=O) groups excluding carboxylic acids is 2. The zero-order chi connectivity index (χ0) is 20.6. The predicted octanol–water partition coefficient (Wildman–Crippen LogP) is 1.99. The number of aliphatic hydroxyl groups is 3. The summed E-state index contributed by atoms with van der Waals surface area (Å²) in [6.07, 6.45) is 10.6. The van der Waals surface area contributed by atoms with E-state index in [1.807, 2.05) is 26.0 Å². The molecule has 154 valence electrons. The predicted molar refractivity (Wildman–Crippen MR) is 105 cm³/mol. The van der Waals surface area contributed by atoms with E-state index in [9.17, 15) is 24.9 Å². The van der Waals surface area contributed by atoms with E-state index in [0.717, 1.165) is 19.3 Å². The van der Waals surface area contributed by atoms with Gasteiger partial charge in [-0.05, 0) is 43.9 Å². The summed E-state index contributed by atoms with van der Waals surface area (Å²) in [6, 6.07) is -0.937. The summed E-state index contributed by atoms with van der Waals surface area (Å²) in [5.41, 5.74) is -0.977. The van der Waals surface area contributed by atoms with Crippen molar-refractivity contribution >= 4 is 11.7 Å². The van der Waals surface area contributed by atoms with E-state index in [0.29, 0.717) is 0 Å². The molecule has 0 aromatic rings. The standard InChI is InChI=1S/C22H31NO5/c1-4-5-15-8-7-14-10-13(11-24)6-9-16(14)22(15,2)20(27)18-19(26)17(12-25)23(3)21(18)28/h4-5,7-8,13-17,24-25,27H,6,9-12H2,1-3H3/b5-4+,20-18+/t13-,14-,15-,16-,17+,22-/m1/s1. The van der Waals surface area contributed by atoms with E-state index in [2.05, 4.69) is 12.2 Å². The summed E-state index contributed by atoms with van der Waals surface area (Å²) in [5.74, 6) is -0.861. The molecule has 3 aliphatic rings. The van der Waals surface area contributed by atoms with Crippen LogP contribution in [0.5, 0.6) is 0 Å². The summed E-state index contributed by atoms with van der Waals surface area (Å²) in [7, 11) is 1.48. The summed E-state index contributed by atoms with van der Waals surface area (Å²) >= 11 is 0. The maximum absolute atomic E-state index is 12.8. The number of ketones is 1. The molecule has 1 amide bonds. The van der Waals surface area contributed by atoms with Gasteiger partial charge in [-0.3, -0.25) is 9.59 Å². The van der Waals surface area contributed by atoms with Gasteiger partial charge >= 0.3 is 0 Å². The van der Waals surface area contributed by atoms with Crippen molar-refractivity contribution in [2.75, 3.05) is 20.3 Å². The third-order valence-electron chi connectivity index (χ3n) is 7.17. The highest BCUT2D eigenvalue weighted by Gasteiger charge is 2.54. The minimum Gasteiger partial charge on any atom is -0.511 e. The van der Waals surface area contributed by atoms with Gasteiger partial charge in [-0.25, -0.2) is 0 Å². The molecule has 28 heavy (non-hydrogen) atoms. The Morgan fingerprint density at radius 3 is 2.54 bits per heavy atom. The largest absolute Gasteiger partial charge is 0.511 e. The number of hydrogen-bond acceptors (Lipinski definition) is 5. The molecule has 0 aromatic heterocycles. The van der Waals surface area contributed by atoms with Crippen LogP contribution in [0.4, 0.5) is 0 Å². The smallest absolute Gasteiger partial charge is 0.261 e. The Bertz CT molecular complexity index is 739. The van der Waals surface area contributed by atoms with Crippen molar-refractivity contribution in [3.05, 3.63) is 35.6 Å². The lowest BCUT2D eigenvalue weighted by Gasteiger charge is -2.50. The summed E-state index contributed by atoms with van der Waals surface area (Å²) < 4.78 is 0. The summed E-state index contributed by atoms with van der Waals surface area (Å²) in [5, 5.41) is 30.5. The zero-order valence-corrected chi connectivity index (χ0v) is 16.8. The Kier molecular flexibility index (Phi) is 5.82. The monoisotopic (exact) mass is 389 g/mol. The Balaban J connectivity index is 2.11. The molecule has 1 aliphatic heterocycles. The summed E-state index contributed by atoms with van der Waals surface area (Å²) in [6.45, 7) is 3.54. The van der Waals surface area contributed by atoms with Crippen LogP contribution < -0.4 is 0 Å². The molecule has 1 heterocycles. The fourth-order valence-electron chi connectivity index (χ4n) is 5.39. The number of likely N-dealkylation sites (tertiary alicyclic amines) is 1. The molecule has 1 saturated carbocycles. The molecule has 1 saturated heterocycles. The molecule has 0 aromatic carbocycles. The number of fused-ring (bicyclic) bond motifs is 1. The maximum Gasteiger partial charge on any atom is 0.261 e. The second-order valence-corrected chi connectivity index (χ2v) is 8.55. The van der Waals surface area contributed by atoms with Gasteiger partial charge in [-0.2, -0.15) is 0 Å². The molecule has 0 unspecified atom stereocenters. The minimum atomic E-state index is -0.937. The van der Waals surface area contributed by atoms with Crippen LogP contribution in [0.3, 0.4) is 0 Å². The molecule has 6 heteroatoms. The number of likely N-dealkylation sites (N-methyl/N-ethyl adjacent to an activating group) is 1. The molecule has 6 atom stereocenters. The van der Waals surface area contributed by atoms with Crippen LogP contribution in [-0.2, 0) is 9.59 Å². The second kappa shape index (κ2) is 7.84. The number of Topliss-reactive ketones (excluding diaryl/α,β-unsaturated/α-hetero) is 1. The van der Waals surface area contributed by atoms with Gasteiger partial charge in [0.05, 0.1) is 6.61 Å². The molecule has 0 radical (unpaired) electrons. The van der Waals surface area contributed by atoms with Gasteiger partial charge in [-0.1, -0.05) is 31.2 Å². The fraction of sp³-hybridized carbons (Fsp3) is 0.636. The fourth-order valence-corrected chi connectivity index (χ4v) is 5.39. The number of allylic oxidation sites excluding steroid dienone is 5. The third-order valence-corrected chi connectivity index (χ3v) is 7.17. The Morgan fingerprint density at radius 1 is 1.25 bits per heavy atom. The Hall–Kier alpha value is -1.92. The van der Waals surface area contributed by atoms with E-state index in [-0.39, 0.29) is 41.6 Å². The normalized spacial score (nSPS) is 40.3. The average molecular weight is 389 g/mol. The first-order valence-corrected chi connectivity index (χ1v) is 10.1. The van der Waals surface area contributed by atoms with Crippen LogP contribution >= 0.6 is 0 Å². The number of amides is 1. The first-order valence-electron chi connectivity index (χ1n) is 10.1. The van der Waals surface area contributed by atoms with E-state index in [1.54, 1.807) is 0 Å². The Labute approximate surface area is 166 Å². The van der Waals surface area contributed by atoms with E-state index in [1.165, 1.54) is 11.9 Å². The van der Waals surface area contributed by atoms with Crippen molar-refractivity contribution in [2.24, 2.45) is 29.1 Å². The molecule has 3 rings (SSSR count). The SMILES string of the molecule is C/C=C/[C@@H]1C=C[C@@H]2C[C@H](CO)CC[C@H]2[C@]1(C)/C(O)=C1/C(=O)[C@H](CO)N(C)C1=O. The quantitative estimate of drug-likeness (QED) is 0.296. The number of carbonyl (C=O) groups is 2. The molecule has 0 spiro atoms. The molecule has 6 nitrogen and oxygen atoms in total. The molecular weight excluding hydrogens is 358 g/mol. The number of aliphatic hydroxyl groups excluding tert-OH is 3. The first-order chi connectivity index (χ1) is 13.3. The number of nitrogens with zero attached hydrogens (tertiary/aromatic N) is 1. The van der Waals surface area contributed by atoms with Crippen LogP contribution in [0.25, 0.3) is 0 Å². The van der Waals surface area contributed by atoms with Crippen molar-refractivity contribution in [1.29, 1.82) is 0 Å². The number of rotatable bonds is 4. The van der Waals surface area contributed by atoms with E-state index >= 15 is 0 Å². The zero-order valence-electron chi connectivity index (χ0n) is 16.8. The van der Waals surface area contributed by atoms with E-state index < -0.39 is 29.8 Å². The highest BCUT2D eigenvalue weighted by Crippen LogP contribution is 2.56. The Morgan fingerprint density at radius 2 is 1.96 bits per heavy atom. The van der Waals surface area contributed by atoms with Gasteiger partial charge in [0, 0.05) is 25.0 Å². The van der Waals surface area contributed by atoms with Gasteiger partial charge < -0.3 is 20.2 Å². The topological polar surface area (TPSA) is 98.1 Å². The average Bonchev–Trinajstić information content (AvgIpc) is 2.91. The van der Waals surface area contributed by atoms with Gasteiger partial charge in [0.25, 0.3) is 5.91 Å². The molecule has 3 N–H and O–H groups in total. The molecule has 0 bridgehead atoms. The highest BCUT2D eigenvalue weighted by molar-refractivity contribution is 6.26. The maximum atomic E-state index is 12.8. The van der Waals surface area contributed by atoms with Gasteiger partial charge in [-0.15, -0.1) is 0 Å². The van der Waals surface area contributed by atoms with Gasteiger partial charge in [0.2, 0.25) is 0 Å².